The van der Waals surface area contributed by atoms with Crippen molar-refractivity contribution < 1.29 is 28.5 Å². The second-order valence-corrected chi connectivity index (χ2v) is 7.94. The van der Waals surface area contributed by atoms with Crippen molar-refractivity contribution in [3.63, 3.8) is 0 Å². The summed E-state index contributed by atoms with van der Waals surface area (Å²) >= 11 is 0. The number of anilines is 2. The number of hydrogen-bond acceptors (Lipinski definition) is 12. The number of aryl methyl sites for hydroxylation is 3. The summed E-state index contributed by atoms with van der Waals surface area (Å²) in [5.74, 6) is 0. The topological polar surface area (TPSA) is 179 Å². The van der Waals surface area contributed by atoms with E-state index >= 15 is 0 Å². The SMILES string of the molecule is Cc1ccc(NC(=O)O/N=C2/CCCc3nonc32)cc1NC(=O)O/N=C1/CCCc2nonc21. The minimum Gasteiger partial charge on any atom is -0.297 e. The first kappa shape index (κ1) is 22.2. The molecule has 5 rings (SSSR count). The van der Waals surface area contributed by atoms with Gasteiger partial charge in [0.05, 0.1) is 0 Å². The van der Waals surface area contributed by atoms with Gasteiger partial charge in [0.15, 0.2) is 11.4 Å². The van der Waals surface area contributed by atoms with E-state index in [1.54, 1.807) is 25.1 Å². The van der Waals surface area contributed by atoms with Gasteiger partial charge in [-0.25, -0.2) is 18.8 Å². The second-order valence-electron chi connectivity index (χ2n) is 7.94. The number of carbonyl (C=O) groups is 2. The van der Waals surface area contributed by atoms with Crippen LogP contribution in [0.25, 0.3) is 0 Å². The molecule has 0 atom stereocenters. The monoisotopic (exact) mass is 480 g/mol. The molecule has 2 amide bonds. The molecular weight excluding hydrogens is 460 g/mol. The molecule has 2 aromatic heterocycles. The molecule has 35 heavy (non-hydrogen) atoms. The van der Waals surface area contributed by atoms with Crippen LogP contribution in [0.5, 0.6) is 0 Å². The van der Waals surface area contributed by atoms with Gasteiger partial charge >= 0.3 is 12.2 Å². The zero-order chi connectivity index (χ0) is 24.2. The predicted molar refractivity (Wildman–Crippen MR) is 119 cm³/mol. The van der Waals surface area contributed by atoms with Crippen molar-refractivity contribution in [1.29, 1.82) is 0 Å². The van der Waals surface area contributed by atoms with E-state index in [9.17, 15) is 9.59 Å². The number of aromatic nitrogens is 4. The number of nitrogens with one attached hydrogen (secondary N) is 2. The van der Waals surface area contributed by atoms with Gasteiger partial charge in [-0.3, -0.25) is 20.3 Å². The molecule has 0 spiro atoms. The Morgan fingerprint density at radius 2 is 1.40 bits per heavy atom. The average Bonchev–Trinajstić information content (AvgIpc) is 3.53. The smallest absolute Gasteiger partial charge is 0.297 e. The first-order chi connectivity index (χ1) is 17.1. The average molecular weight is 480 g/mol. The van der Waals surface area contributed by atoms with Crippen LogP contribution < -0.4 is 10.6 Å². The molecule has 0 unspecified atom stereocenters. The highest BCUT2D eigenvalue weighted by Gasteiger charge is 2.23. The lowest BCUT2D eigenvalue weighted by molar-refractivity contribution is 0.165. The van der Waals surface area contributed by atoms with Crippen LogP contribution in [0.1, 0.15) is 54.0 Å². The maximum absolute atomic E-state index is 12.3. The van der Waals surface area contributed by atoms with Crippen LogP contribution in [0, 0.1) is 6.92 Å². The molecule has 0 saturated heterocycles. The molecule has 0 aliphatic heterocycles. The van der Waals surface area contributed by atoms with E-state index in [4.69, 9.17) is 18.9 Å². The lowest BCUT2D eigenvalue weighted by atomic mass is 9.99. The van der Waals surface area contributed by atoms with Crippen molar-refractivity contribution in [3.05, 3.63) is 46.5 Å². The molecule has 14 nitrogen and oxygen atoms in total. The number of fused-ring (bicyclic) bond motifs is 2. The van der Waals surface area contributed by atoms with Crippen molar-refractivity contribution in [2.24, 2.45) is 10.3 Å². The van der Waals surface area contributed by atoms with Crippen LogP contribution in [-0.4, -0.2) is 44.2 Å². The third-order valence-electron chi connectivity index (χ3n) is 5.51. The van der Waals surface area contributed by atoms with E-state index in [1.807, 2.05) is 0 Å². The minimum atomic E-state index is -0.806. The van der Waals surface area contributed by atoms with Crippen molar-refractivity contribution in [3.8, 4) is 0 Å². The number of hydrogen-bond donors (Lipinski definition) is 2. The van der Waals surface area contributed by atoms with Crippen LogP contribution >= 0.6 is 0 Å². The maximum atomic E-state index is 12.3. The van der Waals surface area contributed by atoms with Gasteiger partial charge in [0.2, 0.25) is 0 Å². The summed E-state index contributed by atoms with van der Waals surface area (Å²) in [5.41, 5.74) is 4.88. The number of nitrogens with zero attached hydrogens (tertiary/aromatic N) is 6. The van der Waals surface area contributed by atoms with E-state index in [0.717, 1.165) is 31.2 Å². The summed E-state index contributed by atoms with van der Waals surface area (Å²) < 4.78 is 9.44. The normalized spacial score (nSPS) is 16.9. The zero-order valence-electron chi connectivity index (χ0n) is 18.6. The molecule has 0 bridgehead atoms. The third-order valence-corrected chi connectivity index (χ3v) is 5.51. The van der Waals surface area contributed by atoms with E-state index < -0.39 is 12.2 Å². The quantitative estimate of drug-likeness (QED) is 0.415. The van der Waals surface area contributed by atoms with Crippen molar-refractivity contribution in [2.75, 3.05) is 10.6 Å². The Hall–Kier alpha value is -4.62. The van der Waals surface area contributed by atoms with Crippen molar-refractivity contribution in [2.45, 2.75) is 45.4 Å². The summed E-state index contributed by atoms with van der Waals surface area (Å²) in [7, 11) is 0. The van der Waals surface area contributed by atoms with Crippen LogP contribution in [-0.2, 0) is 22.5 Å². The summed E-state index contributed by atoms with van der Waals surface area (Å²) in [6.45, 7) is 1.79. The van der Waals surface area contributed by atoms with Crippen molar-refractivity contribution >= 4 is 35.0 Å². The minimum absolute atomic E-state index is 0.375. The highest BCUT2D eigenvalue weighted by molar-refractivity contribution is 6.01. The summed E-state index contributed by atoms with van der Waals surface area (Å²) in [4.78, 5) is 34.5. The van der Waals surface area contributed by atoms with Gasteiger partial charge in [-0.1, -0.05) is 26.7 Å². The van der Waals surface area contributed by atoms with E-state index in [0.29, 0.717) is 58.4 Å². The Morgan fingerprint density at radius 1 is 0.829 bits per heavy atom. The van der Waals surface area contributed by atoms with Crippen LogP contribution in [0.3, 0.4) is 0 Å². The number of rotatable bonds is 4. The molecule has 1 aromatic carbocycles. The second kappa shape index (κ2) is 9.70. The number of benzene rings is 1. The molecule has 0 saturated carbocycles. The molecule has 3 aromatic rings. The Bertz CT molecular complexity index is 1330. The number of oxime groups is 2. The zero-order valence-corrected chi connectivity index (χ0v) is 18.6. The Balaban J connectivity index is 1.19. The number of amides is 2. The first-order valence-corrected chi connectivity index (χ1v) is 10.9. The van der Waals surface area contributed by atoms with Crippen LogP contribution in [0.2, 0.25) is 0 Å². The van der Waals surface area contributed by atoms with E-state index in [2.05, 4.69) is 41.6 Å². The Labute approximate surface area is 197 Å². The summed E-state index contributed by atoms with van der Waals surface area (Å²) in [6, 6.07) is 4.92. The molecule has 2 aliphatic carbocycles. The lowest BCUT2D eigenvalue weighted by Crippen LogP contribution is -2.17. The maximum Gasteiger partial charge on any atom is 0.437 e. The molecule has 14 heteroatoms. The molecule has 2 aliphatic rings. The van der Waals surface area contributed by atoms with Crippen LogP contribution in [0.4, 0.5) is 21.0 Å². The van der Waals surface area contributed by atoms with Gasteiger partial charge < -0.3 is 0 Å². The summed E-state index contributed by atoms with van der Waals surface area (Å²) in [5, 5.41) is 28.2. The van der Waals surface area contributed by atoms with Gasteiger partial charge in [-0.2, -0.15) is 0 Å². The van der Waals surface area contributed by atoms with E-state index in [1.165, 1.54) is 0 Å². The van der Waals surface area contributed by atoms with Crippen LogP contribution in [0.15, 0.2) is 37.8 Å². The Morgan fingerprint density at radius 3 is 2.00 bits per heavy atom. The van der Waals surface area contributed by atoms with Gasteiger partial charge in [0.25, 0.3) is 0 Å². The molecule has 0 fully saturated rings. The highest BCUT2D eigenvalue weighted by atomic mass is 16.7. The highest BCUT2D eigenvalue weighted by Crippen LogP contribution is 2.22. The first-order valence-electron chi connectivity index (χ1n) is 10.9. The molecule has 0 radical (unpaired) electrons. The van der Waals surface area contributed by atoms with E-state index in [-0.39, 0.29) is 0 Å². The Kier molecular flexibility index (Phi) is 6.15. The largest absolute Gasteiger partial charge is 0.437 e. The van der Waals surface area contributed by atoms with Gasteiger partial charge in [-0.05, 0) is 73.5 Å². The fourth-order valence-corrected chi connectivity index (χ4v) is 3.74. The molecule has 2 N–H and O–H groups in total. The molecule has 180 valence electrons. The van der Waals surface area contributed by atoms with Gasteiger partial charge in [-0.15, -0.1) is 0 Å². The fraction of sp³-hybridized carbons (Fsp3) is 0.333. The van der Waals surface area contributed by atoms with Gasteiger partial charge in [0.1, 0.15) is 22.8 Å². The molecule has 2 heterocycles. The van der Waals surface area contributed by atoms with Crippen molar-refractivity contribution in [1.82, 2.24) is 20.6 Å². The predicted octanol–water partition coefficient (Wildman–Crippen LogP) is 3.34. The third kappa shape index (κ3) is 5.00. The lowest BCUT2D eigenvalue weighted by Gasteiger charge is -2.11. The summed E-state index contributed by atoms with van der Waals surface area (Å²) in [6.07, 6.45) is 2.64. The molecular formula is C21H20N8O6. The van der Waals surface area contributed by atoms with Gasteiger partial charge in [0, 0.05) is 11.4 Å². The standard InChI is InChI=1S/C21H20N8O6/c1-11-8-9-12(22-20(30)32-24-13-4-2-6-15-18(13)28-34-26-15)10-17(11)23-21(31)33-25-14-5-3-7-16-19(14)29-35-27-16/h8-10H,2-7H2,1H3,(H,22,30)(H,23,31)/b24-13-,25-14-. The number of carbonyl (C=O) groups excluding carboxylic acids is 2. The fourth-order valence-electron chi connectivity index (χ4n) is 3.74.